The third-order valence-electron chi connectivity index (χ3n) is 6.02. The zero-order chi connectivity index (χ0) is 25.1. The summed E-state index contributed by atoms with van der Waals surface area (Å²) in [4.78, 5) is 0. The van der Waals surface area contributed by atoms with Crippen LogP contribution in [0.1, 0.15) is 34.7 Å². The van der Waals surface area contributed by atoms with Gasteiger partial charge in [-0.1, -0.05) is 60.7 Å². The molecule has 5 rings (SSSR count). The van der Waals surface area contributed by atoms with Gasteiger partial charge in [0.25, 0.3) is 0 Å². The number of hydrogen-bond acceptors (Lipinski definition) is 3. The molecule has 1 heterocycles. The lowest BCUT2D eigenvalue weighted by atomic mass is 9.96. The second kappa shape index (κ2) is 9.85. The van der Waals surface area contributed by atoms with Gasteiger partial charge in [-0.05, 0) is 53.6 Å². The molecular weight excluding hydrogens is 468 g/mol. The zero-order valence-electron chi connectivity index (χ0n) is 19.1. The number of benzene rings is 4. The SMILES string of the molecule is Fc1ccc(OCc2ccccc2)c(C2=NN(c3ccccc3)[C@H](c3cccc(C(F)(F)F)c3)C2)c1. The molecule has 0 fully saturated rings. The fourth-order valence-corrected chi connectivity index (χ4v) is 4.26. The number of alkyl halides is 3. The molecule has 0 saturated carbocycles. The minimum absolute atomic E-state index is 0.279. The Morgan fingerprint density at radius 2 is 1.56 bits per heavy atom. The molecule has 7 heteroatoms. The lowest BCUT2D eigenvalue weighted by Crippen LogP contribution is -2.19. The largest absolute Gasteiger partial charge is 0.488 e. The van der Waals surface area contributed by atoms with E-state index in [1.807, 2.05) is 60.7 Å². The number of hydrazone groups is 1. The Morgan fingerprint density at radius 1 is 0.833 bits per heavy atom. The first kappa shape index (κ1) is 23.6. The molecule has 36 heavy (non-hydrogen) atoms. The molecule has 0 aliphatic carbocycles. The molecule has 4 aromatic carbocycles. The molecule has 1 aliphatic rings. The van der Waals surface area contributed by atoms with E-state index in [0.717, 1.165) is 23.4 Å². The summed E-state index contributed by atoms with van der Waals surface area (Å²) >= 11 is 0. The van der Waals surface area contributed by atoms with Crippen molar-refractivity contribution in [3.63, 3.8) is 0 Å². The number of nitrogens with zero attached hydrogens (tertiary/aromatic N) is 2. The van der Waals surface area contributed by atoms with Gasteiger partial charge in [0.15, 0.2) is 0 Å². The van der Waals surface area contributed by atoms with Gasteiger partial charge in [-0.15, -0.1) is 0 Å². The minimum atomic E-state index is -4.46. The molecule has 0 spiro atoms. The minimum Gasteiger partial charge on any atom is -0.488 e. The summed E-state index contributed by atoms with van der Waals surface area (Å²) in [5.74, 6) is 0.00486. The lowest BCUT2D eigenvalue weighted by Gasteiger charge is -2.24. The van der Waals surface area contributed by atoms with Crippen LogP contribution in [0.4, 0.5) is 23.2 Å². The summed E-state index contributed by atoms with van der Waals surface area (Å²) in [6.45, 7) is 0.284. The lowest BCUT2D eigenvalue weighted by molar-refractivity contribution is -0.137. The van der Waals surface area contributed by atoms with Crippen LogP contribution in [-0.2, 0) is 12.8 Å². The zero-order valence-corrected chi connectivity index (χ0v) is 19.1. The van der Waals surface area contributed by atoms with E-state index in [4.69, 9.17) is 9.84 Å². The number of para-hydroxylation sites is 1. The standard InChI is InChI=1S/C29H22F4N2O/c30-23-14-15-28(36-19-20-8-3-1-4-9-20)25(17-23)26-18-27(35(34-26)24-12-5-2-6-13-24)21-10-7-11-22(16-21)29(31,32)33/h1-17,27H,18-19H2/t27-/m0/s1. The van der Waals surface area contributed by atoms with Crippen molar-refractivity contribution in [1.29, 1.82) is 0 Å². The van der Waals surface area contributed by atoms with Crippen LogP contribution in [0.5, 0.6) is 5.75 Å². The highest BCUT2D eigenvalue weighted by Crippen LogP contribution is 2.40. The first-order valence-corrected chi connectivity index (χ1v) is 11.4. The molecule has 0 aromatic heterocycles. The van der Waals surface area contributed by atoms with Gasteiger partial charge in [0.1, 0.15) is 18.2 Å². The van der Waals surface area contributed by atoms with Crippen molar-refractivity contribution in [1.82, 2.24) is 0 Å². The Balaban J connectivity index is 1.52. The van der Waals surface area contributed by atoms with Crippen LogP contribution in [0.25, 0.3) is 0 Å². The maximum absolute atomic E-state index is 14.3. The van der Waals surface area contributed by atoms with Crippen LogP contribution in [0.3, 0.4) is 0 Å². The second-order valence-electron chi connectivity index (χ2n) is 8.48. The fraction of sp³-hybridized carbons (Fsp3) is 0.138. The van der Waals surface area contributed by atoms with E-state index in [9.17, 15) is 17.6 Å². The van der Waals surface area contributed by atoms with Gasteiger partial charge >= 0.3 is 6.18 Å². The first-order chi connectivity index (χ1) is 17.4. The van der Waals surface area contributed by atoms with E-state index in [-0.39, 0.29) is 13.0 Å². The van der Waals surface area contributed by atoms with E-state index in [2.05, 4.69) is 0 Å². The highest BCUT2D eigenvalue weighted by Gasteiger charge is 2.35. The van der Waals surface area contributed by atoms with Crippen LogP contribution in [0.2, 0.25) is 0 Å². The van der Waals surface area contributed by atoms with E-state index in [1.54, 1.807) is 17.1 Å². The van der Waals surface area contributed by atoms with Gasteiger partial charge in [0.05, 0.1) is 23.0 Å². The monoisotopic (exact) mass is 490 g/mol. The van der Waals surface area contributed by atoms with Gasteiger partial charge in [-0.25, -0.2) is 4.39 Å². The van der Waals surface area contributed by atoms with Crippen LogP contribution in [0.15, 0.2) is 108 Å². The molecule has 0 bridgehead atoms. The van der Waals surface area contributed by atoms with Crippen LogP contribution in [-0.4, -0.2) is 5.71 Å². The molecular formula is C29H22F4N2O. The maximum Gasteiger partial charge on any atom is 0.416 e. The average molecular weight is 491 g/mol. The van der Waals surface area contributed by atoms with Crippen molar-refractivity contribution in [2.45, 2.75) is 25.2 Å². The highest BCUT2D eigenvalue weighted by molar-refractivity contribution is 6.05. The normalized spacial score (nSPS) is 15.6. The van der Waals surface area contributed by atoms with E-state index >= 15 is 0 Å². The third-order valence-corrected chi connectivity index (χ3v) is 6.02. The molecule has 0 saturated heterocycles. The number of halogens is 4. The maximum atomic E-state index is 14.3. The quantitative estimate of drug-likeness (QED) is 0.258. The van der Waals surface area contributed by atoms with Crippen molar-refractivity contribution in [3.05, 3.63) is 131 Å². The van der Waals surface area contributed by atoms with E-state index in [1.165, 1.54) is 18.2 Å². The summed E-state index contributed by atoms with van der Waals surface area (Å²) in [5, 5.41) is 6.45. The van der Waals surface area contributed by atoms with Crippen molar-refractivity contribution in [2.75, 3.05) is 5.01 Å². The molecule has 0 radical (unpaired) electrons. The smallest absolute Gasteiger partial charge is 0.416 e. The number of hydrogen-bond donors (Lipinski definition) is 0. The Hall–Kier alpha value is -4.13. The number of ether oxygens (including phenoxy) is 1. The first-order valence-electron chi connectivity index (χ1n) is 11.4. The molecule has 0 N–H and O–H groups in total. The molecule has 0 unspecified atom stereocenters. The Labute approximate surface area is 206 Å². The van der Waals surface area contributed by atoms with Crippen molar-refractivity contribution < 1.29 is 22.3 Å². The van der Waals surface area contributed by atoms with Gasteiger partial charge in [0.2, 0.25) is 0 Å². The van der Waals surface area contributed by atoms with Crippen LogP contribution < -0.4 is 9.75 Å². The van der Waals surface area contributed by atoms with Gasteiger partial charge < -0.3 is 4.74 Å². The predicted octanol–water partition coefficient (Wildman–Crippen LogP) is 7.78. The van der Waals surface area contributed by atoms with Crippen molar-refractivity contribution in [3.8, 4) is 5.75 Å². The second-order valence-corrected chi connectivity index (χ2v) is 8.48. The summed E-state index contributed by atoms with van der Waals surface area (Å²) in [6, 6.07) is 27.8. The molecule has 1 aliphatic heterocycles. The fourth-order valence-electron chi connectivity index (χ4n) is 4.26. The van der Waals surface area contributed by atoms with Gasteiger partial charge in [-0.3, -0.25) is 5.01 Å². The Morgan fingerprint density at radius 3 is 2.28 bits per heavy atom. The number of rotatable bonds is 6. The van der Waals surface area contributed by atoms with Crippen molar-refractivity contribution >= 4 is 11.4 Å². The van der Waals surface area contributed by atoms with Crippen LogP contribution >= 0.6 is 0 Å². The summed E-state index contributed by atoms with van der Waals surface area (Å²) in [5.41, 5.74) is 2.42. The highest BCUT2D eigenvalue weighted by atomic mass is 19.4. The van der Waals surface area contributed by atoms with E-state index in [0.29, 0.717) is 22.6 Å². The molecule has 182 valence electrons. The summed E-state index contributed by atoms with van der Waals surface area (Å²) < 4.78 is 60.7. The summed E-state index contributed by atoms with van der Waals surface area (Å²) in [6.07, 6.45) is -4.18. The predicted molar refractivity (Wildman–Crippen MR) is 131 cm³/mol. The molecule has 3 nitrogen and oxygen atoms in total. The van der Waals surface area contributed by atoms with Gasteiger partial charge in [0, 0.05) is 12.0 Å². The van der Waals surface area contributed by atoms with Crippen LogP contribution in [0, 0.1) is 5.82 Å². The number of anilines is 1. The summed E-state index contributed by atoms with van der Waals surface area (Å²) in [7, 11) is 0. The Kier molecular flexibility index (Phi) is 6.46. The topological polar surface area (TPSA) is 24.8 Å². The third kappa shape index (κ3) is 5.10. The van der Waals surface area contributed by atoms with E-state index < -0.39 is 23.6 Å². The molecule has 4 aromatic rings. The average Bonchev–Trinajstić information content (AvgIpc) is 3.34. The Bertz CT molecular complexity index is 1370. The van der Waals surface area contributed by atoms with Gasteiger partial charge in [-0.2, -0.15) is 18.3 Å². The molecule has 0 amide bonds. The van der Waals surface area contributed by atoms with Crippen molar-refractivity contribution in [2.24, 2.45) is 5.10 Å². The molecule has 1 atom stereocenters.